The smallest absolute Gasteiger partial charge is 0.253 e. The van der Waals surface area contributed by atoms with Crippen LogP contribution < -0.4 is 16.4 Å². The molecule has 2 aliphatic heterocycles. The highest BCUT2D eigenvalue weighted by Gasteiger charge is 2.42. The molecule has 27 heavy (non-hydrogen) atoms. The number of carbonyl (C=O) groups is 1. The number of halogens is 2. The van der Waals surface area contributed by atoms with Gasteiger partial charge in [0, 0.05) is 31.9 Å². The highest BCUT2D eigenvalue weighted by molar-refractivity contribution is 5.97. The topological polar surface area (TPSA) is 83.3 Å². The van der Waals surface area contributed by atoms with E-state index >= 15 is 0 Å². The van der Waals surface area contributed by atoms with E-state index < -0.39 is 17.7 Å². The summed E-state index contributed by atoms with van der Waals surface area (Å²) >= 11 is 0. The third-order valence-electron chi connectivity index (χ3n) is 4.98. The van der Waals surface area contributed by atoms with Crippen LogP contribution in [0, 0.1) is 11.6 Å². The fourth-order valence-corrected chi connectivity index (χ4v) is 3.62. The summed E-state index contributed by atoms with van der Waals surface area (Å²) in [5.41, 5.74) is 7.96. The third-order valence-corrected chi connectivity index (χ3v) is 4.98. The number of rotatable bonds is 3. The van der Waals surface area contributed by atoms with Gasteiger partial charge in [0.05, 0.1) is 23.3 Å². The first-order valence-electron chi connectivity index (χ1n) is 8.62. The summed E-state index contributed by atoms with van der Waals surface area (Å²) in [6, 6.07) is 5.76. The number of aromatic nitrogens is 1. The van der Waals surface area contributed by atoms with Gasteiger partial charge < -0.3 is 21.3 Å². The monoisotopic (exact) mass is 371 g/mol. The molecule has 0 saturated carbocycles. The van der Waals surface area contributed by atoms with Crippen LogP contribution in [-0.4, -0.2) is 35.4 Å². The molecule has 0 fully saturated rings. The van der Waals surface area contributed by atoms with Gasteiger partial charge in [0.25, 0.3) is 5.91 Å². The molecule has 1 amide bonds. The van der Waals surface area contributed by atoms with Gasteiger partial charge in [-0.3, -0.25) is 4.79 Å². The molecule has 1 aromatic heterocycles. The Kier molecular flexibility index (Phi) is 4.18. The minimum Gasteiger partial charge on any atom is -0.384 e. The summed E-state index contributed by atoms with van der Waals surface area (Å²) in [7, 11) is 1.73. The second-order valence-corrected chi connectivity index (χ2v) is 6.75. The Morgan fingerprint density at radius 3 is 2.89 bits per heavy atom. The lowest BCUT2D eigenvalue weighted by Gasteiger charge is -2.28. The van der Waals surface area contributed by atoms with E-state index in [0.29, 0.717) is 24.4 Å². The predicted molar refractivity (Wildman–Crippen MR) is 97.6 cm³/mol. The molecule has 0 aliphatic carbocycles. The van der Waals surface area contributed by atoms with Gasteiger partial charge in [-0.25, -0.2) is 13.8 Å². The Morgan fingerprint density at radius 2 is 2.11 bits per heavy atom. The first kappa shape index (κ1) is 17.3. The molecular weight excluding hydrogens is 352 g/mol. The van der Waals surface area contributed by atoms with Crippen molar-refractivity contribution in [1.82, 2.24) is 15.2 Å². The largest absolute Gasteiger partial charge is 0.384 e. The van der Waals surface area contributed by atoms with Crippen LogP contribution in [0.4, 0.5) is 20.3 Å². The zero-order valence-corrected chi connectivity index (χ0v) is 14.7. The molecule has 140 valence electrons. The second kappa shape index (κ2) is 6.53. The molecule has 0 spiro atoms. The van der Waals surface area contributed by atoms with Gasteiger partial charge in [-0.15, -0.1) is 0 Å². The van der Waals surface area contributed by atoms with Crippen LogP contribution in [0.15, 0.2) is 47.8 Å². The molecule has 4 N–H and O–H groups in total. The van der Waals surface area contributed by atoms with Crippen molar-refractivity contribution in [3.05, 3.63) is 65.0 Å². The van der Waals surface area contributed by atoms with E-state index in [2.05, 4.69) is 15.6 Å². The minimum absolute atomic E-state index is 0.00334. The average molecular weight is 371 g/mol. The maximum atomic E-state index is 14.2. The van der Waals surface area contributed by atoms with Crippen molar-refractivity contribution >= 4 is 17.4 Å². The van der Waals surface area contributed by atoms with Crippen LogP contribution >= 0.6 is 0 Å². The molecule has 2 atom stereocenters. The number of hydrogen-bond donors (Lipinski definition) is 3. The Morgan fingerprint density at radius 1 is 1.30 bits per heavy atom. The van der Waals surface area contributed by atoms with E-state index in [1.165, 1.54) is 0 Å². The number of likely N-dealkylation sites (N-methyl/N-ethyl adjacent to an activating group) is 1. The van der Waals surface area contributed by atoms with E-state index in [-0.39, 0.29) is 17.6 Å². The molecule has 8 heteroatoms. The van der Waals surface area contributed by atoms with Crippen molar-refractivity contribution < 1.29 is 13.6 Å². The number of nitrogens with zero attached hydrogens (tertiary/aromatic N) is 2. The summed E-state index contributed by atoms with van der Waals surface area (Å²) < 4.78 is 27.9. The van der Waals surface area contributed by atoms with Crippen LogP contribution in [0.25, 0.3) is 0 Å². The Bertz CT molecular complexity index is 945. The predicted octanol–water partition coefficient (Wildman–Crippen LogP) is 2.18. The Balaban J connectivity index is 1.76. The molecular formula is C19H19F2N5O. The molecule has 0 radical (unpaired) electrons. The molecule has 2 unspecified atom stereocenters. The normalized spacial score (nSPS) is 21.9. The van der Waals surface area contributed by atoms with Gasteiger partial charge in [0.15, 0.2) is 0 Å². The summed E-state index contributed by atoms with van der Waals surface area (Å²) in [5.74, 6) is -0.938. The fourth-order valence-electron chi connectivity index (χ4n) is 3.62. The number of amides is 1. The van der Waals surface area contributed by atoms with Crippen molar-refractivity contribution in [3.8, 4) is 0 Å². The number of anilines is 2. The van der Waals surface area contributed by atoms with Crippen LogP contribution in [-0.2, 0) is 4.79 Å². The van der Waals surface area contributed by atoms with Gasteiger partial charge in [-0.1, -0.05) is 0 Å². The zero-order valence-electron chi connectivity index (χ0n) is 14.7. The highest BCUT2D eigenvalue weighted by Crippen LogP contribution is 2.37. The Labute approximate surface area is 155 Å². The van der Waals surface area contributed by atoms with Gasteiger partial charge in [-0.05, 0) is 35.9 Å². The summed E-state index contributed by atoms with van der Waals surface area (Å²) in [4.78, 5) is 18.4. The average Bonchev–Trinajstić information content (AvgIpc) is 3.00. The highest BCUT2D eigenvalue weighted by atomic mass is 19.1. The molecule has 3 heterocycles. The zero-order chi connectivity index (χ0) is 19.1. The fraction of sp³-hybridized carbons (Fsp3) is 0.263. The van der Waals surface area contributed by atoms with Crippen molar-refractivity contribution in [2.45, 2.75) is 18.5 Å². The quantitative estimate of drug-likeness (QED) is 0.770. The number of pyridine rings is 1. The lowest BCUT2D eigenvalue weighted by molar-refractivity contribution is -0.126. The number of hydrogen-bond acceptors (Lipinski definition) is 5. The third kappa shape index (κ3) is 3.07. The molecule has 1 aromatic carbocycles. The number of nitrogens with two attached hydrogens (primary N) is 1. The van der Waals surface area contributed by atoms with Gasteiger partial charge in [-0.2, -0.15) is 0 Å². The lowest BCUT2D eigenvalue weighted by atomic mass is 9.94. The number of benzene rings is 1. The van der Waals surface area contributed by atoms with E-state index in [0.717, 1.165) is 29.5 Å². The molecule has 2 aliphatic rings. The minimum atomic E-state index is -0.588. The van der Waals surface area contributed by atoms with Gasteiger partial charge in [0.1, 0.15) is 17.5 Å². The number of nitrogen functional groups attached to an aromatic ring is 1. The number of carbonyl (C=O) groups excluding carboxylic acids is 1. The SMILES string of the molecule is CN1CCC2=C(C1=O)C(Nc1cc(F)ccc1F)C(c1ccnc(N)c1)N2. The van der Waals surface area contributed by atoms with Crippen LogP contribution in [0.5, 0.6) is 0 Å². The molecule has 4 rings (SSSR count). The molecule has 0 bridgehead atoms. The van der Waals surface area contributed by atoms with Crippen molar-refractivity contribution in [2.24, 2.45) is 0 Å². The van der Waals surface area contributed by atoms with Crippen LogP contribution in [0.3, 0.4) is 0 Å². The van der Waals surface area contributed by atoms with Gasteiger partial charge in [0.2, 0.25) is 0 Å². The summed E-state index contributed by atoms with van der Waals surface area (Å²) in [6.45, 7) is 0.594. The first-order valence-corrected chi connectivity index (χ1v) is 8.62. The van der Waals surface area contributed by atoms with E-state index in [1.807, 2.05) is 0 Å². The molecule has 0 saturated heterocycles. The van der Waals surface area contributed by atoms with Crippen molar-refractivity contribution in [2.75, 3.05) is 24.6 Å². The lowest BCUT2D eigenvalue weighted by Crippen LogP contribution is -2.39. The van der Waals surface area contributed by atoms with Crippen LogP contribution in [0.1, 0.15) is 18.0 Å². The standard InChI is InChI=1S/C19H19F2N5O/c1-26-7-5-13-16(19(26)27)18(25-14-9-11(20)2-3-12(14)21)17(24-13)10-4-6-23-15(22)8-10/h2-4,6,8-9,17-18,24-25H,5,7H2,1H3,(H2,22,23). The second-order valence-electron chi connectivity index (χ2n) is 6.75. The van der Waals surface area contributed by atoms with E-state index in [9.17, 15) is 13.6 Å². The molecule has 2 aromatic rings. The van der Waals surface area contributed by atoms with E-state index in [4.69, 9.17) is 5.73 Å². The first-order chi connectivity index (χ1) is 12.9. The van der Waals surface area contributed by atoms with Crippen LogP contribution in [0.2, 0.25) is 0 Å². The maximum Gasteiger partial charge on any atom is 0.253 e. The van der Waals surface area contributed by atoms with Crippen molar-refractivity contribution in [1.29, 1.82) is 0 Å². The van der Waals surface area contributed by atoms with Gasteiger partial charge >= 0.3 is 0 Å². The summed E-state index contributed by atoms with van der Waals surface area (Å²) in [6.07, 6.45) is 2.25. The maximum absolute atomic E-state index is 14.2. The molecule has 6 nitrogen and oxygen atoms in total. The van der Waals surface area contributed by atoms with E-state index in [1.54, 1.807) is 30.3 Å². The Hall–Kier alpha value is -3.16. The van der Waals surface area contributed by atoms with Crippen molar-refractivity contribution in [3.63, 3.8) is 0 Å². The summed E-state index contributed by atoms with van der Waals surface area (Å²) in [5, 5.41) is 6.39. The number of nitrogens with one attached hydrogen (secondary N) is 2.